The number of carbonyl (C=O) groups is 1. The van der Waals surface area contributed by atoms with Gasteiger partial charge >= 0.3 is 0 Å². The van der Waals surface area contributed by atoms with Crippen LogP contribution >= 0.6 is 0 Å². The molecule has 1 aromatic heterocycles. The second-order valence-corrected chi connectivity index (χ2v) is 4.65. The Morgan fingerprint density at radius 2 is 2.11 bits per heavy atom. The lowest BCUT2D eigenvalue weighted by molar-refractivity contribution is 0.0866. The van der Waals surface area contributed by atoms with Gasteiger partial charge in [-0.1, -0.05) is 13.8 Å². The van der Waals surface area contributed by atoms with Crippen molar-refractivity contribution in [3.63, 3.8) is 0 Å². The molecule has 19 heavy (non-hydrogen) atoms. The van der Waals surface area contributed by atoms with Crippen LogP contribution < -0.4 is 10.6 Å². The Bertz CT molecular complexity index is 435. The zero-order chi connectivity index (χ0) is 14.4. The molecule has 0 aromatic carbocycles. The molecule has 0 aliphatic rings. The molecule has 0 saturated carbocycles. The van der Waals surface area contributed by atoms with Gasteiger partial charge in [0.05, 0.1) is 18.0 Å². The molecule has 6 nitrogen and oxygen atoms in total. The number of methoxy groups -OCH3 is 1. The fourth-order valence-corrected chi connectivity index (χ4v) is 1.43. The highest BCUT2D eigenvalue weighted by Crippen LogP contribution is 2.15. The van der Waals surface area contributed by atoms with E-state index < -0.39 is 0 Å². The van der Waals surface area contributed by atoms with Crippen molar-refractivity contribution in [2.45, 2.75) is 32.8 Å². The Labute approximate surface area is 114 Å². The second-order valence-electron chi connectivity index (χ2n) is 4.65. The first kappa shape index (κ1) is 15.4. The van der Waals surface area contributed by atoms with Gasteiger partial charge in [-0.2, -0.15) is 0 Å². The summed E-state index contributed by atoms with van der Waals surface area (Å²) in [6.07, 6.45) is 1.60. The molecule has 0 saturated heterocycles. The summed E-state index contributed by atoms with van der Waals surface area (Å²) in [6.45, 7) is 6.31. The molecule has 0 aliphatic carbocycles. The fourth-order valence-electron chi connectivity index (χ4n) is 1.43. The molecule has 6 heteroatoms. The highest BCUT2D eigenvalue weighted by molar-refractivity contribution is 5.97. The Morgan fingerprint density at radius 1 is 1.42 bits per heavy atom. The summed E-state index contributed by atoms with van der Waals surface area (Å²) in [4.78, 5) is 20.7. The van der Waals surface area contributed by atoms with E-state index in [4.69, 9.17) is 4.74 Å². The van der Waals surface area contributed by atoms with Crippen molar-refractivity contribution >= 4 is 11.6 Å². The zero-order valence-corrected chi connectivity index (χ0v) is 12.2. The second kappa shape index (κ2) is 7.04. The van der Waals surface area contributed by atoms with E-state index in [0.717, 1.165) is 0 Å². The average Bonchev–Trinajstić information content (AvgIpc) is 2.43. The average molecular weight is 266 g/mol. The molecule has 1 amide bonds. The minimum Gasteiger partial charge on any atom is -0.385 e. The van der Waals surface area contributed by atoms with Crippen molar-refractivity contribution in [1.82, 2.24) is 15.3 Å². The van der Waals surface area contributed by atoms with E-state index in [0.29, 0.717) is 23.8 Å². The molecular weight excluding hydrogens is 244 g/mol. The van der Waals surface area contributed by atoms with Crippen LogP contribution in [-0.2, 0) is 4.74 Å². The number of nitrogens with zero attached hydrogens (tertiary/aromatic N) is 2. The van der Waals surface area contributed by atoms with E-state index in [1.807, 2.05) is 20.8 Å². The monoisotopic (exact) mass is 266 g/mol. The molecule has 106 valence electrons. The maximum Gasteiger partial charge on any atom is 0.272 e. The van der Waals surface area contributed by atoms with Gasteiger partial charge in [0.2, 0.25) is 0 Å². The van der Waals surface area contributed by atoms with Crippen LogP contribution in [0.25, 0.3) is 0 Å². The molecule has 0 aliphatic heterocycles. The summed E-state index contributed by atoms with van der Waals surface area (Å²) in [5.74, 6) is 0.608. The minimum absolute atomic E-state index is 0.0339. The van der Waals surface area contributed by atoms with Crippen molar-refractivity contribution in [2.24, 2.45) is 0 Å². The summed E-state index contributed by atoms with van der Waals surface area (Å²) >= 11 is 0. The number of hydrogen-bond donors (Lipinski definition) is 2. The van der Waals surface area contributed by atoms with Crippen LogP contribution in [0.5, 0.6) is 0 Å². The zero-order valence-electron chi connectivity index (χ0n) is 12.2. The van der Waals surface area contributed by atoms with Crippen LogP contribution in [-0.4, -0.2) is 42.7 Å². The van der Waals surface area contributed by atoms with Gasteiger partial charge in [0.1, 0.15) is 5.82 Å². The van der Waals surface area contributed by atoms with Crippen LogP contribution in [0, 0.1) is 0 Å². The first-order valence-corrected chi connectivity index (χ1v) is 6.35. The third-order valence-corrected chi connectivity index (χ3v) is 2.76. The molecule has 2 N–H and O–H groups in total. The third-order valence-electron chi connectivity index (χ3n) is 2.76. The van der Waals surface area contributed by atoms with E-state index in [9.17, 15) is 4.79 Å². The maximum atomic E-state index is 12.1. The first-order chi connectivity index (χ1) is 8.99. The molecule has 1 atom stereocenters. The Hall–Kier alpha value is -1.69. The van der Waals surface area contributed by atoms with Gasteiger partial charge in [0.15, 0.2) is 5.69 Å². The lowest BCUT2D eigenvalue weighted by Crippen LogP contribution is -2.32. The topological polar surface area (TPSA) is 76.1 Å². The van der Waals surface area contributed by atoms with Crippen molar-refractivity contribution in [1.29, 1.82) is 0 Å². The summed E-state index contributed by atoms with van der Waals surface area (Å²) in [6, 6.07) is 0. The van der Waals surface area contributed by atoms with Crippen molar-refractivity contribution in [2.75, 3.05) is 26.0 Å². The van der Waals surface area contributed by atoms with Gasteiger partial charge in [-0.05, 0) is 6.92 Å². The normalized spacial score (nSPS) is 12.3. The molecule has 0 radical (unpaired) electrons. The molecule has 1 unspecified atom stereocenters. The molecule has 0 spiro atoms. The predicted octanol–water partition coefficient (Wildman–Crippen LogP) is 1.41. The summed E-state index contributed by atoms with van der Waals surface area (Å²) < 4.78 is 5.09. The fraction of sp³-hybridized carbons (Fsp3) is 0.615. The van der Waals surface area contributed by atoms with Crippen LogP contribution in [0.3, 0.4) is 0 Å². The van der Waals surface area contributed by atoms with Crippen molar-refractivity contribution in [3.8, 4) is 0 Å². The third kappa shape index (κ3) is 4.17. The number of ether oxygens (including phenoxy) is 1. The number of nitrogens with one attached hydrogen (secondary N) is 2. The van der Waals surface area contributed by atoms with Gasteiger partial charge in [-0.15, -0.1) is 0 Å². The SMILES string of the molecule is CNc1cnc(C(C)C)nc1C(=O)NCC(C)OC. The number of anilines is 1. The van der Waals surface area contributed by atoms with Crippen LogP contribution in [0.4, 0.5) is 5.69 Å². The maximum absolute atomic E-state index is 12.1. The number of rotatable bonds is 6. The number of amides is 1. The smallest absolute Gasteiger partial charge is 0.272 e. The van der Waals surface area contributed by atoms with E-state index in [1.165, 1.54) is 0 Å². The van der Waals surface area contributed by atoms with Gasteiger partial charge in [0, 0.05) is 26.6 Å². The largest absolute Gasteiger partial charge is 0.385 e. The van der Waals surface area contributed by atoms with Gasteiger partial charge in [0.25, 0.3) is 5.91 Å². The molecule has 1 heterocycles. The number of hydrogen-bond acceptors (Lipinski definition) is 5. The predicted molar refractivity (Wildman–Crippen MR) is 74.5 cm³/mol. The van der Waals surface area contributed by atoms with E-state index >= 15 is 0 Å². The molecule has 0 fully saturated rings. The molecule has 0 bridgehead atoms. The Morgan fingerprint density at radius 3 is 2.63 bits per heavy atom. The van der Waals surface area contributed by atoms with Gasteiger partial charge in [-0.25, -0.2) is 9.97 Å². The van der Waals surface area contributed by atoms with Crippen LogP contribution in [0.1, 0.15) is 43.0 Å². The number of carbonyl (C=O) groups excluding carboxylic acids is 1. The van der Waals surface area contributed by atoms with Crippen LogP contribution in [0.2, 0.25) is 0 Å². The highest BCUT2D eigenvalue weighted by atomic mass is 16.5. The van der Waals surface area contributed by atoms with Gasteiger partial charge < -0.3 is 15.4 Å². The standard InChI is InChI=1S/C13H22N4O2/c1-8(2)12-15-7-10(14-4)11(17-12)13(18)16-6-9(3)19-5/h7-9,14H,6H2,1-5H3,(H,16,18). The minimum atomic E-state index is -0.224. The van der Waals surface area contributed by atoms with Crippen molar-refractivity contribution < 1.29 is 9.53 Å². The molecule has 1 rings (SSSR count). The van der Waals surface area contributed by atoms with E-state index in [1.54, 1.807) is 20.4 Å². The summed E-state index contributed by atoms with van der Waals surface area (Å²) in [7, 11) is 3.35. The summed E-state index contributed by atoms with van der Waals surface area (Å²) in [5, 5.41) is 5.72. The summed E-state index contributed by atoms with van der Waals surface area (Å²) in [5.41, 5.74) is 0.983. The molecule has 1 aromatic rings. The first-order valence-electron chi connectivity index (χ1n) is 6.35. The van der Waals surface area contributed by atoms with Gasteiger partial charge in [-0.3, -0.25) is 4.79 Å². The number of aromatic nitrogens is 2. The lowest BCUT2D eigenvalue weighted by Gasteiger charge is -2.13. The Kier molecular flexibility index (Phi) is 5.69. The van der Waals surface area contributed by atoms with E-state index in [-0.39, 0.29) is 17.9 Å². The quantitative estimate of drug-likeness (QED) is 0.814. The lowest BCUT2D eigenvalue weighted by atomic mass is 10.2. The van der Waals surface area contributed by atoms with Crippen LogP contribution in [0.15, 0.2) is 6.20 Å². The highest BCUT2D eigenvalue weighted by Gasteiger charge is 2.16. The Balaban J connectivity index is 2.90. The molecular formula is C13H22N4O2. The van der Waals surface area contributed by atoms with E-state index in [2.05, 4.69) is 20.6 Å². The van der Waals surface area contributed by atoms with Crippen molar-refractivity contribution in [3.05, 3.63) is 17.7 Å².